The highest BCUT2D eigenvalue weighted by Gasteiger charge is 2.15. The van der Waals surface area contributed by atoms with Crippen molar-refractivity contribution in [3.05, 3.63) is 64.6 Å². The summed E-state index contributed by atoms with van der Waals surface area (Å²) in [4.78, 5) is 25.1. The van der Waals surface area contributed by atoms with Crippen LogP contribution < -0.4 is 15.7 Å². The van der Waals surface area contributed by atoms with Gasteiger partial charge in [0.05, 0.1) is 23.0 Å². The fourth-order valence-corrected chi connectivity index (χ4v) is 3.70. The van der Waals surface area contributed by atoms with E-state index in [1.54, 1.807) is 28.8 Å². The van der Waals surface area contributed by atoms with E-state index in [-0.39, 0.29) is 24.7 Å². The summed E-state index contributed by atoms with van der Waals surface area (Å²) >= 11 is 0. The summed E-state index contributed by atoms with van der Waals surface area (Å²) in [6, 6.07) is 14.1. The van der Waals surface area contributed by atoms with Crippen LogP contribution in [0, 0.1) is 0 Å². The first kappa shape index (κ1) is 19.7. The molecule has 0 aliphatic rings. The Morgan fingerprint density at radius 3 is 2.25 bits per heavy atom. The van der Waals surface area contributed by atoms with E-state index in [0.29, 0.717) is 23.3 Å². The zero-order valence-corrected chi connectivity index (χ0v) is 16.5. The molecule has 3 aromatic rings. The molecule has 0 aliphatic carbocycles. The molecule has 0 saturated heterocycles. The SMILES string of the molecule is CCn1c(=O)n(CC(=O)NCc2ccccc2NS(C)(=O)=O)c2ccccc21. The molecule has 9 heteroatoms. The van der Waals surface area contributed by atoms with Gasteiger partial charge in [0.25, 0.3) is 0 Å². The predicted molar refractivity (Wildman–Crippen MR) is 109 cm³/mol. The lowest BCUT2D eigenvalue weighted by Gasteiger charge is -2.12. The Bertz CT molecular complexity index is 1180. The lowest BCUT2D eigenvalue weighted by Crippen LogP contribution is -2.33. The fourth-order valence-electron chi connectivity index (χ4n) is 3.10. The van der Waals surface area contributed by atoms with E-state index in [9.17, 15) is 18.0 Å². The minimum Gasteiger partial charge on any atom is -0.350 e. The number of sulfonamides is 1. The van der Waals surface area contributed by atoms with Crippen molar-refractivity contribution < 1.29 is 13.2 Å². The monoisotopic (exact) mass is 402 g/mol. The third-order valence-electron chi connectivity index (χ3n) is 4.33. The molecule has 1 heterocycles. The number of aryl methyl sites for hydroxylation is 1. The van der Waals surface area contributed by atoms with E-state index in [1.165, 1.54) is 4.57 Å². The van der Waals surface area contributed by atoms with Gasteiger partial charge in [-0.25, -0.2) is 13.2 Å². The van der Waals surface area contributed by atoms with Crippen LogP contribution in [0.25, 0.3) is 11.0 Å². The summed E-state index contributed by atoms with van der Waals surface area (Å²) in [6.07, 6.45) is 1.07. The first-order valence-corrected chi connectivity index (χ1v) is 10.7. The van der Waals surface area contributed by atoms with Crippen LogP contribution in [0.4, 0.5) is 5.69 Å². The molecule has 1 aromatic heterocycles. The minimum atomic E-state index is -3.43. The molecule has 1 amide bonds. The van der Waals surface area contributed by atoms with Crippen molar-refractivity contribution in [2.24, 2.45) is 0 Å². The third-order valence-corrected chi connectivity index (χ3v) is 4.92. The van der Waals surface area contributed by atoms with E-state index in [0.717, 1.165) is 11.8 Å². The fraction of sp³-hybridized carbons (Fsp3) is 0.263. The molecule has 0 aliphatic heterocycles. The van der Waals surface area contributed by atoms with Gasteiger partial charge in [0.2, 0.25) is 15.9 Å². The summed E-state index contributed by atoms with van der Waals surface area (Å²) < 4.78 is 28.5. The number of para-hydroxylation sites is 3. The Morgan fingerprint density at radius 1 is 1.00 bits per heavy atom. The van der Waals surface area contributed by atoms with Gasteiger partial charge < -0.3 is 5.32 Å². The van der Waals surface area contributed by atoms with Crippen LogP contribution in [-0.4, -0.2) is 29.7 Å². The summed E-state index contributed by atoms with van der Waals surface area (Å²) in [5.74, 6) is -0.338. The van der Waals surface area contributed by atoms with Gasteiger partial charge in [-0.05, 0) is 30.7 Å². The van der Waals surface area contributed by atoms with Gasteiger partial charge in [0.15, 0.2) is 0 Å². The lowest BCUT2D eigenvalue weighted by atomic mass is 10.2. The molecule has 0 atom stereocenters. The number of imidazole rings is 1. The van der Waals surface area contributed by atoms with Crippen LogP contribution in [0.2, 0.25) is 0 Å². The number of benzene rings is 2. The van der Waals surface area contributed by atoms with Crippen molar-refractivity contribution in [1.29, 1.82) is 0 Å². The molecule has 0 radical (unpaired) electrons. The second-order valence-corrected chi connectivity index (χ2v) is 8.16. The zero-order valence-electron chi connectivity index (χ0n) is 15.7. The first-order valence-electron chi connectivity index (χ1n) is 8.80. The quantitative estimate of drug-likeness (QED) is 0.625. The first-order chi connectivity index (χ1) is 13.3. The molecule has 0 fully saturated rings. The van der Waals surface area contributed by atoms with Crippen molar-refractivity contribution in [3.63, 3.8) is 0 Å². The number of rotatable bonds is 7. The Balaban J connectivity index is 1.77. The maximum atomic E-state index is 12.6. The molecule has 0 bridgehead atoms. The van der Waals surface area contributed by atoms with E-state index < -0.39 is 10.0 Å². The topological polar surface area (TPSA) is 102 Å². The van der Waals surface area contributed by atoms with Gasteiger partial charge in [-0.1, -0.05) is 30.3 Å². The second-order valence-electron chi connectivity index (χ2n) is 6.41. The molecule has 2 aromatic carbocycles. The van der Waals surface area contributed by atoms with Crippen LogP contribution in [0.5, 0.6) is 0 Å². The summed E-state index contributed by atoms with van der Waals surface area (Å²) in [5, 5.41) is 2.75. The van der Waals surface area contributed by atoms with Crippen molar-refractivity contribution >= 4 is 32.7 Å². The molecule has 3 rings (SSSR count). The van der Waals surface area contributed by atoms with Crippen LogP contribution in [0.1, 0.15) is 12.5 Å². The molecule has 0 unspecified atom stereocenters. The van der Waals surface area contributed by atoms with E-state index in [2.05, 4.69) is 10.0 Å². The number of nitrogens with zero attached hydrogens (tertiary/aromatic N) is 2. The molecular weight excluding hydrogens is 380 g/mol. The molecular formula is C19H22N4O4S. The molecule has 2 N–H and O–H groups in total. The van der Waals surface area contributed by atoms with Crippen molar-refractivity contribution in [3.8, 4) is 0 Å². The molecule has 8 nitrogen and oxygen atoms in total. The number of carbonyl (C=O) groups excluding carboxylic acids is 1. The molecule has 148 valence electrons. The smallest absolute Gasteiger partial charge is 0.329 e. The molecule has 0 saturated carbocycles. The molecule has 0 spiro atoms. The van der Waals surface area contributed by atoms with Gasteiger partial charge in [-0.15, -0.1) is 0 Å². The van der Waals surface area contributed by atoms with Crippen molar-refractivity contribution in [2.45, 2.75) is 26.6 Å². The number of aromatic nitrogens is 2. The van der Waals surface area contributed by atoms with E-state index in [4.69, 9.17) is 0 Å². The molecule has 28 heavy (non-hydrogen) atoms. The second kappa shape index (κ2) is 7.89. The van der Waals surface area contributed by atoms with Crippen molar-refractivity contribution in [2.75, 3.05) is 11.0 Å². The number of fused-ring (bicyclic) bond motifs is 1. The number of amides is 1. The lowest BCUT2D eigenvalue weighted by molar-refractivity contribution is -0.121. The highest BCUT2D eigenvalue weighted by molar-refractivity contribution is 7.92. The van der Waals surface area contributed by atoms with Crippen LogP contribution in [0.15, 0.2) is 53.3 Å². The van der Waals surface area contributed by atoms with Gasteiger partial charge in [-0.2, -0.15) is 0 Å². The Morgan fingerprint density at radius 2 is 1.61 bits per heavy atom. The maximum Gasteiger partial charge on any atom is 0.329 e. The van der Waals surface area contributed by atoms with Gasteiger partial charge in [-0.3, -0.25) is 18.7 Å². The highest BCUT2D eigenvalue weighted by atomic mass is 32.2. The van der Waals surface area contributed by atoms with Gasteiger partial charge >= 0.3 is 5.69 Å². The average Bonchev–Trinajstić information content (AvgIpc) is 2.91. The third kappa shape index (κ3) is 4.25. The maximum absolute atomic E-state index is 12.6. The number of hydrogen-bond donors (Lipinski definition) is 2. The van der Waals surface area contributed by atoms with Crippen molar-refractivity contribution in [1.82, 2.24) is 14.5 Å². The predicted octanol–water partition coefficient (Wildman–Crippen LogP) is 1.51. The Kier molecular flexibility index (Phi) is 5.55. The largest absolute Gasteiger partial charge is 0.350 e. The summed E-state index contributed by atoms with van der Waals surface area (Å²) in [7, 11) is -3.43. The number of hydrogen-bond acceptors (Lipinski definition) is 4. The Hall–Kier alpha value is -3.07. The Labute approximate surface area is 162 Å². The van der Waals surface area contributed by atoms with Gasteiger partial charge in [0.1, 0.15) is 6.54 Å². The van der Waals surface area contributed by atoms with Crippen LogP contribution >= 0.6 is 0 Å². The van der Waals surface area contributed by atoms with Gasteiger partial charge in [0, 0.05) is 13.1 Å². The zero-order chi connectivity index (χ0) is 20.3. The summed E-state index contributed by atoms with van der Waals surface area (Å²) in [6.45, 7) is 2.41. The summed E-state index contributed by atoms with van der Waals surface area (Å²) in [5.41, 5.74) is 2.28. The minimum absolute atomic E-state index is 0.117. The van der Waals surface area contributed by atoms with Crippen LogP contribution in [-0.2, 0) is 34.5 Å². The number of nitrogens with one attached hydrogen (secondary N) is 2. The van der Waals surface area contributed by atoms with E-state index in [1.807, 2.05) is 31.2 Å². The standard InChI is InChI=1S/C19H22N4O4S/c1-3-22-16-10-6-7-11-17(16)23(19(22)25)13-18(24)20-12-14-8-4-5-9-15(14)21-28(2,26)27/h4-11,21H,3,12-13H2,1-2H3,(H,20,24). The van der Waals surface area contributed by atoms with Crippen LogP contribution in [0.3, 0.4) is 0 Å². The normalized spacial score (nSPS) is 11.5. The highest BCUT2D eigenvalue weighted by Crippen LogP contribution is 2.16. The average molecular weight is 402 g/mol. The number of anilines is 1. The van der Waals surface area contributed by atoms with E-state index >= 15 is 0 Å². The number of carbonyl (C=O) groups is 1.